The van der Waals surface area contributed by atoms with Crippen LogP contribution in [0, 0.1) is 11.8 Å². The minimum Gasteiger partial charge on any atom is -0.374 e. The molecule has 3 fully saturated rings. The fraction of sp³-hybridized carbons (Fsp3) is 1.00. The zero-order valence-electron chi connectivity index (χ0n) is 14.1. The van der Waals surface area contributed by atoms with Gasteiger partial charge < -0.3 is 9.64 Å². The summed E-state index contributed by atoms with van der Waals surface area (Å²) in [6, 6.07) is 0. The molecule has 2 aliphatic carbocycles. The first-order chi connectivity index (χ1) is 10.8. The number of ether oxygens (including phenoxy) is 1. The molecule has 3 aliphatic rings. The molecule has 0 bridgehead atoms. The lowest BCUT2D eigenvalue weighted by Gasteiger charge is -2.34. The topological polar surface area (TPSA) is 12.5 Å². The summed E-state index contributed by atoms with van der Waals surface area (Å²) in [6.07, 6.45) is 13.0. The number of halogens is 1. The molecule has 3 heteroatoms. The Bertz CT molecular complexity index is 313. The summed E-state index contributed by atoms with van der Waals surface area (Å²) >= 11 is 0. The highest BCUT2D eigenvalue weighted by Gasteiger charge is 2.32. The molecule has 1 heterocycles. The van der Waals surface area contributed by atoms with Gasteiger partial charge in [-0.3, -0.25) is 0 Å². The molecule has 0 aromatic carbocycles. The maximum Gasteiger partial charge on any atom is 0.126 e. The van der Waals surface area contributed by atoms with Crippen LogP contribution >= 0.6 is 0 Å². The van der Waals surface area contributed by atoms with E-state index < -0.39 is 6.17 Å². The van der Waals surface area contributed by atoms with Gasteiger partial charge in [-0.05, 0) is 63.5 Å². The number of nitrogens with zero attached hydrogens (tertiary/aromatic N) is 1. The fourth-order valence-electron chi connectivity index (χ4n) is 4.80. The number of alkyl halides is 1. The maximum atomic E-state index is 14.4. The van der Waals surface area contributed by atoms with E-state index in [2.05, 4.69) is 4.90 Å². The molecule has 0 radical (unpaired) electrons. The van der Waals surface area contributed by atoms with Crippen molar-refractivity contribution < 1.29 is 9.13 Å². The molecular formula is C19H34FNO. The van der Waals surface area contributed by atoms with E-state index >= 15 is 0 Å². The van der Waals surface area contributed by atoms with Crippen molar-refractivity contribution in [2.75, 3.05) is 26.2 Å². The lowest BCUT2D eigenvalue weighted by molar-refractivity contribution is -0.0435. The second-order valence-electron chi connectivity index (χ2n) is 7.89. The Kier molecular flexibility index (Phi) is 6.55. The standard InChI is InChI=1S/C19H34FNO/c20-18-15-17(14-16-6-2-1-3-7-16)8-9-19(18)22-13-12-21-10-4-5-11-21/h16-19H,1-15H2. The number of rotatable bonds is 6. The van der Waals surface area contributed by atoms with Crippen LogP contribution in [0.25, 0.3) is 0 Å². The third-order valence-electron chi connectivity index (χ3n) is 6.15. The normalized spacial score (nSPS) is 35.0. The largest absolute Gasteiger partial charge is 0.374 e. The van der Waals surface area contributed by atoms with Crippen molar-refractivity contribution in [2.45, 2.75) is 82.9 Å². The second kappa shape index (κ2) is 8.63. The highest BCUT2D eigenvalue weighted by Crippen LogP contribution is 2.37. The lowest BCUT2D eigenvalue weighted by Crippen LogP contribution is -2.36. The first-order valence-electron chi connectivity index (χ1n) is 9.79. The molecule has 0 N–H and O–H groups in total. The average Bonchev–Trinajstić information content (AvgIpc) is 3.04. The van der Waals surface area contributed by atoms with Gasteiger partial charge in [-0.2, -0.15) is 0 Å². The summed E-state index contributed by atoms with van der Waals surface area (Å²) in [6.45, 7) is 4.13. The third-order valence-corrected chi connectivity index (χ3v) is 6.15. The van der Waals surface area contributed by atoms with Crippen molar-refractivity contribution in [1.82, 2.24) is 4.90 Å². The van der Waals surface area contributed by atoms with Crippen molar-refractivity contribution in [3.8, 4) is 0 Å². The molecule has 0 spiro atoms. The predicted octanol–water partition coefficient (Wildman–Crippen LogP) is 4.58. The van der Waals surface area contributed by atoms with Gasteiger partial charge >= 0.3 is 0 Å². The molecule has 2 nitrogen and oxygen atoms in total. The van der Waals surface area contributed by atoms with Gasteiger partial charge in [0.2, 0.25) is 0 Å². The van der Waals surface area contributed by atoms with Crippen LogP contribution in [0.5, 0.6) is 0 Å². The van der Waals surface area contributed by atoms with E-state index in [1.54, 1.807) is 0 Å². The highest BCUT2D eigenvalue weighted by atomic mass is 19.1. The van der Waals surface area contributed by atoms with E-state index in [1.807, 2.05) is 0 Å². The van der Waals surface area contributed by atoms with Gasteiger partial charge in [-0.1, -0.05) is 32.1 Å². The van der Waals surface area contributed by atoms with Crippen LogP contribution in [0.1, 0.15) is 70.6 Å². The molecule has 1 saturated heterocycles. The van der Waals surface area contributed by atoms with Crippen LogP contribution in [0.4, 0.5) is 4.39 Å². The molecule has 3 atom stereocenters. The summed E-state index contributed by atoms with van der Waals surface area (Å²) in [7, 11) is 0. The van der Waals surface area contributed by atoms with Crippen LogP contribution in [0.15, 0.2) is 0 Å². The first kappa shape index (κ1) is 16.7. The molecule has 0 aromatic rings. The Morgan fingerprint density at radius 3 is 2.36 bits per heavy atom. The summed E-state index contributed by atoms with van der Waals surface area (Å²) < 4.78 is 20.3. The maximum absolute atomic E-state index is 14.4. The van der Waals surface area contributed by atoms with Crippen LogP contribution < -0.4 is 0 Å². The van der Waals surface area contributed by atoms with Crippen molar-refractivity contribution in [3.05, 3.63) is 0 Å². The van der Waals surface area contributed by atoms with Gasteiger partial charge in [0.15, 0.2) is 0 Å². The van der Waals surface area contributed by atoms with Gasteiger partial charge in [0.25, 0.3) is 0 Å². The Morgan fingerprint density at radius 2 is 1.64 bits per heavy atom. The Hall–Kier alpha value is -0.150. The monoisotopic (exact) mass is 311 g/mol. The van der Waals surface area contributed by atoms with Crippen molar-refractivity contribution in [2.24, 2.45) is 11.8 Å². The second-order valence-corrected chi connectivity index (χ2v) is 7.89. The smallest absolute Gasteiger partial charge is 0.126 e. The zero-order valence-corrected chi connectivity index (χ0v) is 14.1. The van der Waals surface area contributed by atoms with Gasteiger partial charge in [0, 0.05) is 6.54 Å². The molecule has 3 unspecified atom stereocenters. The minimum atomic E-state index is -0.721. The zero-order chi connectivity index (χ0) is 15.2. The molecule has 3 rings (SSSR count). The third kappa shape index (κ3) is 4.92. The van der Waals surface area contributed by atoms with Gasteiger partial charge in [-0.25, -0.2) is 4.39 Å². The molecule has 0 aromatic heterocycles. The predicted molar refractivity (Wildman–Crippen MR) is 88.8 cm³/mol. The molecule has 1 aliphatic heterocycles. The fourth-order valence-corrected chi connectivity index (χ4v) is 4.80. The van der Waals surface area contributed by atoms with Crippen LogP contribution in [-0.2, 0) is 4.74 Å². The Labute approximate surface area is 135 Å². The van der Waals surface area contributed by atoms with E-state index in [-0.39, 0.29) is 6.10 Å². The van der Waals surface area contributed by atoms with E-state index in [1.165, 1.54) is 70.9 Å². The summed E-state index contributed by atoms with van der Waals surface area (Å²) in [5.41, 5.74) is 0. The quantitative estimate of drug-likeness (QED) is 0.712. The van der Waals surface area contributed by atoms with E-state index in [9.17, 15) is 4.39 Å². The molecular weight excluding hydrogens is 277 g/mol. The molecule has 2 saturated carbocycles. The average molecular weight is 311 g/mol. The Morgan fingerprint density at radius 1 is 0.864 bits per heavy atom. The van der Waals surface area contributed by atoms with Crippen LogP contribution in [0.3, 0.4) is 0 Å². The van der Waals surface area contributed by atoms with Crippen molar-refractivity contribution >= 4 is 0 Å². The Balaban J connectivity index is 1.32. The molecule has 128 valence electrons. The van der Waals surface area contributed by atoms with E-state index in [0.29, 0.717) is 5.92 Å². The van der Waals surface area contributed by atoms with E-state index in [0.717, 1.165) is 31.9 Å². The molecule has 22 heavy (non-hydrogen) atoms. The minimum absolute atomic E-state index is 0.120. The number of hydrogen-bond acceptors (Lipinski definition) is 2. The number of hydrogen-bond donors (Lipinski definition) is 0. The van der Waals surface area contributed by atoms with Crippen LogP contribution in [0.2, 0.25) is 0 Å². The van der Waals surface area contributed by atoms with Gasteiger partial charge in [-0.15, -0.1) is 0 Å². The van der Waals surface area contributed by atoms with Crippen molar-refractivity contribution in [1.29, 1.82) is 0 Å². The van der Waals surface area contributed by atoms with Crippen molar-refractivity contribution in [3.63, 3.8) is 0 Å². The summed E-state index contributed by atoms with van der Waals surface area (Å²) in [4.78, 5) is 2.45. The number of likely N-dealkylation sites (tertiary alicyclic amines) is 1. The van der Waals surface area contributed by atoms with Crippen LogP contribution in [-0.4, -0.2) is 43.4 Å². The van der Waals surface area contributed by atoms with E-state index in [4.69, 9.17) is 4.74 Å². The molecule has 0 amide bonds. The SMILES string of the molecule is FC1CC(CC2CCCCC2)CCC1OCCN1CCCC1. The van der Waals surface area contributed by atoms with Gasteiger partial charge in [0.1, 0.15) is 6.17 Å². The summed E-state index contributed by atoms with van der Waals surface area (Å²) in [5, 5.41) is 0. The first-order valence-corrected chi connectivity index (χ1v) is 9.79. The highest BCUT2D eigenvalue weighted by molar-refractivity contribution is 4.83. The van der Waals surface area contributed by atoms with Gasteiger partial charge in [0.05, 0.1) is 12.7 Å². The lowest BCUT2D eigenvalue weighted by atomic mass is 9.76. The summed E-state index contributed by atoms with van der Waals surface area (Å²) in [5.74, 6) is 1.51.